The average Bonchev–Trinajstić information content (AvgIpc) is 3.06. The number of nitrogens with zero attached hydrogens (tertiary/aromatic N) is 3. The highest BCUT2D eigenvalue weighted by atomic mass is 19.1. The minimum absolute atomic E-state index is 0.107. The monoisotopic (exact) mass is 393 g/mol. The molecule has 152 valence electrons. The van der Waals surface area contributed by atoms with Crippen LogP contribution in [0.25, 0.3) is 0 Å². The quantitative estimate of drug-likeness (QED) is 0.720. The average molecular weight is 394 g/mol. The van der Waals surface area contributed by atoms with E-state index in [4.69, 9.17) is 0 Å². The van der Waals surface area contributed by atoms with Crippen LogP contribution in [0.1, 0.15) is 41.1 Å². The molecule has 1 fully saturated rings. The van der Waals surface area contributed by atoms with Gasteiger partial charge in [0.25, 0.3) is 0 Å². The molecule has 0 unspecified atom stereocenters. The molecule has 3 aliphatic heterocycles. The van der Waals surface area contributed by atoms with Crippen molar-refractivity contribution in [1.29, 1.82) is 0 Å². The minimum Gasteiger partial charge on any atom is -0.371 e. The Morgan fingerprint density at radius 1 is 1.10 bits per heavy atom. The molecular formula is C24H28FN3O. The first-order valence-corrected chi connectivity index (χ1v) is 10.7. The molecule has 0 saturated carbocycles. The van der Waals surface area contributed by atoms with Crippen LogP contribution >= 0.6 is 0 Å². The van der Waals surface area contributed by atoms with Gasteiger partial charge in [-0.2, -0.15) is 0 Å². The van der Waals surface area contributed by atoms with Crippen molar-refractivity contribution in [2.45, 2.75) is 31.2 Å². The third-order valence-corrected chi connectivity index (χ3v) is 6.93. The number of hydrogen-bond donors (Lipinski definition) is 0. The van der Waals surface area contributed by atoms with E-state index in [1.807, 2.05) is 0 Å². The summed E-state index contributed by atoms with van der Waals surface area (Å²) in [6, 6.07) is 13.3. The number of Topliss-reactive ketones (excluding diaryl/α,β-unsaturated/α-hetero) is 1. The van der Waals surface area contributed by atoms with Gasteiger partial charge in [-0.15, -0.1) is 0 Å². The highest BCUT2D eigenvalue weighted by Gasteiger charge is 2.44. The number of anilines is 2. The normalized spacial score (nSPS) is 23.1. The number of benzene rings is 2. The van der Waals surface area contributed by atoms with Crippen molar-refractivity contribution in [2.24, 2.45) is 0 Å². The minimum atomic E-state index is -0.298. The van der Waals surface area contributed by atoms with Crippen LogP contribution in [0.15, 0.2) is 42.5 Å². The Morgan fingerprint density at radius 3 is 2.76 bits per heavy atom. The molecule has 0 N–H and O–H groups in total. The maximum absolute atomic E-state index is 13.0. The van der Waals surface area contributed by atoms with Crippen molar-refractivity contribution in [1.82, 2.24) is 4.90 Å². The van der Waals surface area contributed by atoms with E-state index in [-0.39, 0.29) is 11.6 Å². The molecule has 3 aliphatic rings. The molecule has 2 aromatic rings. The van der Waals surface area contributed by atoms with E-state index in [0.717, 1.165) is 39.1 Å². The fourth-order valence-corrected chi connectivity index (χ4v) is 5.42. The molecule has 2 aromatic carbocycles. The second kappa shape index (κ2) is 7.45. The molecule has 4 nitrogen and oxygen atoms in total. The van der Waals surface area contributed by atoms with Crippen LogP contribution in [-0.2, 0) is 0 Å². The van der Waals surface area contributed by atoms with Gasteiger partial charge in [-0.25, -0.2) is 4.39 Å². The number of likely N-dealkylation sites (tertiary alicyclic amines) is 1. The molecule has 0 amide bonds. The fraction of sp³-hybridized carbons (Fsp3) is 0.458. The second-order valence-electron chi connectivity index (χ2n) is 8.63. The fourth-order valence-electron chi connectivity index (χ4n) is 5.42. The topological polar surface area (TPSA) is 26.8 Å². The Bertz CT molecular complexity index is 913. The molecule has 0 aliphatic carbocycles. The van der Waals surface area contributed by atoms with E-state index in [2.05, 4.69) is 39.9 Å². The van der Waals surface area contributed by atoms with Crippen LogP contribution in [0.3, 0.4) is 0 Å². The highest BCUT2D eigenvalue weighted by molar-refractivity contribution is 5.95. The number of para-hydroxylation sites is 1. The maximum atomic E-state index is 13.0. The second-order valence-corrected chi connectivity index (χ2v) is 8.63. The van der Waals surface area contributed by atoms with E-state index >= 15 is 0 Å². The number of fused-ring (bicyclic) bond motifs is 3. The van der Waals surface area contributed by atoms with E-state index in [1.165, 1.54) is 35.5 Å². The SMILES string of the molecule is CN1CCN2c3c(cccc31)[C@H]1CN(CCCC(=O)c3ccc(F)cc3)CC[C@@H]12. The summed E-state index contributed by atoms with van der Waals surface area (Å²) >= 11 is 0. The van der Waals surface area contributed by atoms with Gasteiger partial charge >= 0.3 is 0 Å². The van der Waals surface area contributed by atoms with Gasteiger partial charge in [0, 0.05) is 57.2 Å². The standard InChI is InChI=1S/C24H28FN3O/c1-26-14-15-28-21-11-13-27(16-20(21)19-4-2-5-22(26)24(19)28)12-3-6-23(29)17-7-9-18(25)10-8-17/h2,4-5,7-10,20-21H,3,6,11-16H2,1H3/t20-,21+/m1/s1. The van der Waals surface area contributed by atoms with Gasteiger partial charge < -0.3 is 14.7 Å². The Hall–Kier alpha value is -2.40. The molecule has 0 aromatic heterocycles. The number of ketones is 1. The van der Waals surface area contributed by atoms with E-state index in [9.17, 15) is 9.18 Å². The summed E-state index contributed by atoms with van der Waals surface area (Å²) in [7, 11) is 2.19. The van der Waals surface area contributed by atoms with Crippen LogP contribution in [0.2, 0.25) is 0 Å². The first-order valence-electron chi connectivity index (χ1n) is 10.7. The molecule has 29 heavy (non-hydrogen) atoms. The van der Waals surface area contributed by atoms with Gasteiger partial charge in [-0.3, -0.25) is 4.79 Å². The first-order chi connectivity index (χ1) is 14.1. The summed E-state index contributed by atoms with van der Waals surface area (Å²) in [5, 5.41) is 0. The zero-order chi connectivity index (χ0) is 20.0. The smallest absolute Gasteiger partial charge is 0.162 e. The van der Waals surface area contributed by atoms with Crippen LogP contribution in [0.5, 0.6) is 0 Å². The molecule has 5 heteroatoms. The van der Waals surface area contributed by atoms with Gasteiger partial charge in [0.2, 0.25) is 0 Å². The molecule has 1 saturated heterocycles. The van der Waals surface area contributed by atoms with Crippen molar-refractivity contribution in [3.63, 3.8) is 0 Å². The predicted octanol–water partition coefficient (Wildman–Crippen LogP) is 3.92. The Morgan fingerprint density at radius 2 is 1.93 bits per heavy atom. The van der Waals surface area contributed by atoms with E-state index in [1.54, 1.807) is 12.1 Å². The van der Waals surface area contributed by atoms with E-state index < -0.39 is 0 Å². The summed E-state index contributed by atoms with van der Waals surface area (Å²) in [6.07, 6.45) is 2.56. The molecular weight excluding hydrogens is 365 g/mol. The van der Waals surface area contributed by atoms with Crippen LogP contribution < -0.4 is 9.80 Å². The lowest BCUT2D eigenvalue weighted by Gasteiger charge is -2.41. The molecule has 0 spiro atoms. The van der Waals surface area contributed by atoms with Crippen molar-refractivity contribution in [2.75, 3.05) is 49.6 Å². The summed E-state index contributed by atoms with van der Waals surface area (Å²) in [5.41, 5.74) is 4.95. The van der Waals surface area contributed by atoms with Crippen molar-refractivity contribution < 1.29 is 9.18 Å². The molecule has 3 heterocycles. The Labute approximate surface area is 171 Å². The number of rotatable bonds is 5. The van der Waals surface area contributed by atoms with Crippen LogP contribution in [-0.4, -0.2) is 56.5 Å². The van der Waals surface area contributed by atoms with Crippen LogP contribution in [0.4, 0.5) is 15.8 Å². The van der Waals surface area contributed by atoms with E-state index in [0.29, 0.717) is 23.9 Å². The van der Waals surface area contributed by atoms with Gasteiger partial charge in [0.15, 0.2) is 5.78 Å². The lowest BCUT2D eigenvalue weighted by molar-refractivity contribution is 0.0971. The summed E-state index contributed by atoms with van der Waals surface area (Å²) < 4.78 is 13.0. The van der Waals surface area contributed by atoms with Gasteiger partial charge in [-0.1, -0.05) is 12.1 Å². The number of hydrogen-bond acceptors (Lipinski definition) is 4. The third-order valence-electron chi connectivity index (χ3n) is 6.93. The predicted molar refractivity (Wildman–Crippen MR) is 115 cm³/mol. The van der Waals surface area contributed by atoms with Crippen LogP contribution in [0, 0.1) is 5.82 Å². The van der Waals surface area contributed by atoms with Crippen molar-refractivity contribution >= 4 is 17.2 Å². The highest BCUT2D eigenvalue weighted by Crippen LogP contribution is 2.50. The maximum Gasteiger partial charge on any atom is 0.162 e. The zero-order valence-corrected chi connectivity index (χ0v) is 17.0. The molecule has 5 rings (SSSR count). The van der Waals surface area contributed by atoms with Crippen molar-refractivity contribution in [3.05, 3.63) is 59.4 Å². The summed E-state index contributed by atoms with van der Waals surface area (Å²) in [5.74, 6) is 0.377. The number of carbonyl (C=O) groups excluding carboxylic acids is 1. The number of carbonyl (C=O) groups is 1. The largest absolute Gasteiger partial charge is 0.371 e. The van der Waals surface area contributed by atoms with Gasteiger partial charge in [0.1, 0.15) is 5.82 Å². The van der Waals surface area contributed by atoms with Gasteiger partial charge in [-0.05, 0) is 55.3 Å². The molecule has 2 atom stereocenters. The third kappa shape index (κ3) is 3.31. The first kappa shape index (κ1) is 18.6. The summed E-state index contributed by atoms with van der Waals surface area (Å²) in [4.78, 5) is 19.9. The molecule has 0 bridgehead atoms. The summed E-state index contributed by atoms with van der Waals surface area (Å²) in [6.45, 7) is 5.33. The molecule has 0 radical (unpaired) electrons. The number of halogens is 1. The zero-order valence-electron chi connectivity index (χ0n) is 17.0. The lowest BCUT2D eigenvalue weighted by atomic mass is 9.89. The lowest BCUT2D eigenvalue weighted by Crippen LogP contribution is -2.49. The Kier molecular flexibility index (Phi) is 4.78. The van der Waals surface area contributed by atoms with Crippen molar-refractivity contribution in [3.8, 4) is 0 Å². The number of piperidine rings is 1. The Balaban J connectivity index is 1.22. The van der Waals surface area contributed by atoms with Gasteiger partial charge in [0.05, 0.1) is 11.4 Å². The number of likely N-dealkylation sites (N-methyl/N-ethyl adjacent to an activating group) is 1.